The summed E-state index contributed by atoms with van der Waals surface area (Å²) in [5, 5.41) is 4.37. The van der Waals surface area contributed by atoms with E-state index in [2.05, 4.69) is 34.8 Å². The predicted molar refractivity (Wildman–Crippen MR) is 121 cm³/mol. The second-order valence-corrected chi connectivity index (χ2v) is 8.54. The van der Waals surface area contributed by atoms with Crippen LogP contribution in [0, 0.1) is 5.92 Å². The van der Waals surface area contributed by atoms with Crippen LogP contribution in [0.2, 0.25) is 0 Å². The second-order valence-electron chi connectivity index (χ2n) is 8.54. The Bertz CT molecular complexity index is 1230. The molecular weight excluding hydrogens is 422 g/mol. The van der Waals surface area contributed by atoms with Gasteiger partial charge in [-0.2, -0.15) is 19.5 Å². The summed E-state index contributed by atoms with van der Waals surface area (Å²) in [6.45, 7) is 4.44. The first kappa shape index (κ1) is 19.9. The number of ether oxygens (including phenoxy) is 1. The van der Waals surface area contributed by atoms with Gasteiger partial charge in [0.15, 0.2) is 5.76 Å². The first-order chi connectivity index (χ1) is 16.2. The van der Waals surface area contributed by atoms with Crippen molar-refractivity contribution in [2.75, 3.05) is 43.4 Å². The Morgan fingerprint density at radius 2 is 1.97 bits per heavy atom. The van der Waals surface area contributed by atoms with Crippen LogP contribution in [0.15, 0.2) is 47.3 Å². The highest BCUT2D eigenvalue weighted by molar-refractivity contribution is 5.53. The molecule has 0 unspecified atom stereocenters. The fourth-order valence-electron chi connectivity index (χ4n) is 4.67. The van der Waals surface area contributed by atoms with Gasteiger partial charge in [0.05, 0.1) is 12.9 Å². The number of anilines is 2. The lowest BCUT2D eigenvalue weighted by Gasteiger charge is -2.46. The minimum Gasteiger partial charge on any atom is -0.493 e. The van der Waals surface area contributed by atoms with Crippen molar-refractivity contribution >= 4 is 17.7 Å². The number of rotatable bonds is 5. The van der Waals surface area contributed by atoms with Crippen LogP contribution in [-0.4, -0.2) is 73.3 Å². The molecule has 170 valence electrons. The molecule has 4 aromatic heterocycles. The number of hydrogen-bond acceptors (Lipinski definition) is 10. The van der Waals surface area contributed by atoms with E-state index in [4.69, 9.17) is 14.9 Å². The van der Waals surface area contributed by atoms with E-state index in [-0.39, 0.29) is 5.95 Å². The lowest BCUT2D eigenvalue weighted by Crippen LogP contribution is -2.57. The smallest absolute Gasteiger partial charge is 0.259 e. The minimum absolute atomic E-state index is 0.264. The Morgan fingerprint density at radius 3 is 2.82 bits per heavy atom. The number of aromatic nitrogens is 6. The number of fused-ring (bicyclic) bond motifs is 2. The summed E-state index contributed by atoms with van der Waals surface area (Å²) in [6, 6.07) is 7.87. The Hall–Kier alpha value is -3.73. The molecule has 33 heavy (non-hydrogen) atoms. The molecular formula is C22H25N9O2. The van der Waals surface area contributed by atoms with Gasteiger partial charge in [0, 0.05) is 50.5 Å². The summed E-state index contributed by atoms with van der Waals surface area (Å²) < 4.78 is 12.8. The summed E-state index contributed by atoms with van der Waals surface area (Å²) >= 11 is 0. The van der Waals surface area contributed by atoms with Crippen molar-refractivity contribution in [3.05, 3.63) is 42.9 Å². The standard InChI is InChI=1S/C22H25N9O2/c23-20-26-21(27-22-25-19(28-31(20)22)18-2-1-11-32-18)30-10-9-29-12-15(3-4-16(29)13-30)14-33-17-5-7-24-8-6-17/h1-2,5-8,11,15-16H,3-4,9-10,12-14H2,(H2,23,25,26,27,28)/t15-,16+/m1/s1. The van der Waals surface area contributed by atoms with Crippen LogP contribution >= 0.6 is 0 Å². The summed E-state index contributed by atoms with van der Waals surface area (Å²) in [5.41, 5.74) is 6.19. The van der Waals surface area contributed by atoms with E-state index < -0.39 is 0 Å². The average molecular weight is 448 g/mol. The van der Waals surface area contributed by atoms with E-state index in [1.54, 1.807) is 30.8 Å². The third kappa shape index (κ3) is 3.95. The quantitative estimate of drug-likeness (QED) is 0.484. The van der Waals surface area contributed by atoms with Crippen molar-refractivity contribution in [3.8, 4) is 17.3 Å². The molecule has 2 N–H and O–H groups in total. The maximum absolute atomic E-state index is 6.19. The van der Waals surface area contributed by atoms with Crippen LogP contribution in [0.3, 0.4) is 0 Å². The molecule has 2 aliphatic heterocycles. The number of piperazine rings is 1. The highest BCUT2D eigenvalue weighted by atomic mass is 16.5. The van der Waals surface area contributed by atoms with Crippen LogP contribution in [0.1, 0.15) is 12.8 Å². The molecule has 2 aliphatic rings. The first-order valence-corrected chi connectivity index (χ1v) is 11.2. The van der Waals surface area contributed by atoms with E-state index in [1.807, 2.05) is 12.1 Å². The van der Waals surface area contributed by atoms with Gasteiger partial charge in [-0.05, 0) is 37.1 Å². The largest absolute Gasteiger partial charge is 0.493 e. The fourth-order valence-corrected chi connectivity index (χ4v) is 4.67. The third-order valence-electron chi connectivity index (χ3n) is 6.39. The lowest BCUT2D eigenvalue weighted by molar-refractivity contribution is 0.0725. The molecule has 11 heteroatoms. The Morgan fingerprint density at radius 1 is 1.06 bits per heavy atom. The van der Waals surface area contributed by atoms with Crippen molar-refractivity contribution in [2.24, 2.45) is 5.92 Å². The first-order valence-electron chi connectivity index (χ1n) is 11.2. The van der Waals surface area contributed by atoms with Crippen molar-refractivity contribution in [2.45, 2.75) is 18.9 Å². The van der Waals surface area contributed by atoms with Crippen LogP contribution in [0.4, 0.5) is 11.9 Å². The van der Waals surface area contributed by atoms with E-state index in [1.165, 1.54) is 4.52 Å². The monoisotopic (exact) mass is 447 g/mol. The topological polar surface area (TPSA) is 124 Å². The molecule has 2 atom stereocenters. The summed E-state index contributed by atoms with van der Waals surface area (Å²) in [6.07, 6.45) is 7.36. The summed E-state index contributed by atoms with van der Waals surface area (Å²) in [5.74, 6) is 3.70. The molecule has 11 nitrogen and oxygen atoms in total. The molecule has 0 amide bonds. The van der Waals surface area contributed by atoms with Crippen molar-refractivity contribution < 1.29 is 9.15 Å². The number of nitrogens with two attached hydrogens (primary N) is 1. The SMILES string of the molecule is Nc1nc(N2CCN3C[C@H](COc4ccncc4)CC[C@H]3C2)nc2nc(-c3ccco3)nn12. The molecule has 0 aliphatic carbocycles. The number of piperidine rings is 1. The number of pyridine rings is 1. The molecule has 2 fully saturated rings. The Kier molecular flexibility index (Phi) is 5.02. The highest BCUT2D eigenvalue weighted by Crippen LogP contribution is 2.28. The van der Waals surface area contributed by atoms with Gasteiger partial charge in [-0.1, -0.05) is 0 Å². The highest BCUT2D eigenvalue weighted by Gasteiger charge is 2.34. The van der Waals surface area contributed by atoms with Gasteiger partial charge in [-0.15, -0.1) is 5.10 Å². The maximum Gasteiger partial charge on any atom is 0.259 e. The van der Waals surface area contributed by atoms with Gasteiger partial charge in [-0.3, -0.25) is 9.88 Å². The number of furan rings is 1. The zero-order chi connectivity index (χ0) is 22.2. The van der Waals surface area contributed by atoms with Crippen molar-refractivity contribution in [3.63, 3.8) is 0 Å². The van der Waals surface area contributed by atoms with Crippen molar-refractivity contribution in [1.29, 1.82) is 0 Å². The van der Waals surface area contributed by atoms with Crippen molar-refractivity contribution in [1.82, 2.24) is 34.4 Å². The summed E-state index contributed by atoms with van der Waals surface area (Å²) in [4.78, 5) is 22.4. The number of nitrogens with zero attached hydrogens (tertiary/aromatic N) is 8. The zero-order valence-electron chi connectivity index (χ0n) is 18.1. The second kappa shape index (κ2) is 8.32. The van der Waals surface area contributed by atoms with E-state index in [0.717, 1.165) is 51.4 Å². The summed E-state index contributed by atoms with van der Waals surface area (Å²) in [7, 11) is 0. The van der Waals surface area contributed by atoms with Gasteiger partial charge in [0.2, 0.25) is 17.7 Å². The molecule has 6 heterocycles. The van der Waals surface area contributed by atoms with E-state index in [0.29, 0.717) is 35.3 Å². The predicted octanol–water partition coefficient (Wildman–Crippen LogP) is 1.74. The molecule has 4 aromatic rings. The number of nitrogen functional groups attached to an aromatic ring is 1. The average Bonchev–Trinajstić information content (AvgIpc) is 3.53. The lowest BCUT2D eigenvalue weighted by atomic mass is 9.91. The van der Waals surface area contributed by atoms with Gasteiger partial charge < -0.3 is 19.8 Å². The molecule has 2 saturated heterocycles. The Balaban J connectivity index is 1.12. The van der Waals surface area contributed by atoms with Gasteiger partial charge >= 0.3 is 0 Å². The minimum atomic E-state index is 0.264. The van der Waals surface area contributed by atoms with Crippen LogP contribution < -0.4 is 15.4 Å². The van der Waals surface area contributed by atoms with E-state index >= 15 is 0 Å². The Labute approximate surface area is 190 Å². The van der Waals surface area contributed by atoms with Crippen LogP contribution in [0.25, 0.3) is 17.4 Å². The van der Waals surface area contributed by atoms with Crippen LogP contribution in [0.5, 0.6) is 5.75 Å². The molecule has 6 rings (SSSR count). The zero-order valence-corrected chi connectivity index (χ0v) is 18.1. The maximum atomic E-state index is 6.19. The van der Waals surface area contributed by atoms with Gasteiger partial charge in [0.25, 0.3) is 5.78 Å². The van der Waals surface area contributed by atoms with Gasteiger partial charge in [0.1, 0.15) is 5.75 Å². The molecule has 0 aromatic carbocycles. The van der Waals surface area contributed by atoms with E-state index in [9.17, 15) is 0 Å². The molecule has 0 saturated carbocycles. The fraction of sp³-hybridized carbons (Fsp3) is 0.409. The molecule has 0 spiro atoms. The van der Waals surface area contributed by atoms with Crippen LogP contribution in [-0.2, 0) is 0 Å². The molecule has 0 radical (unpaired) electrons. The number of hydrogen-bond donors (Lipinski definition) is 1. The van der Waals surface area contributed by atoms with Gasteiger partial charge in [-0.25, -0.2) is 0 Å². The normalized spacial score (nSPS) is 21.3. The molecule has 0 bridgehead atoms. The third-order valence-corrected chi connectivity index (χ3v) is 6.39.